The Morgan fingerprint density at radius 3 is 2.95 bits per heavy atom. The van der Waals surface area contributed by atoms with Gasteiger partial charge in [-0.2, -0.15) is 5.26 Å². The first-order valence-electron chi connectivity index (χ1n) is 6.76. The third-order valence-corrected chi connectivity index (χ3v) is 3.16. The predicted octanol–water partition coefficient (Wildman–Crippen LogP) is 1.16. The smallest absolute Gasteiger partial charge is 0.252 e. The standard InChI is InChI=1S/C14H13N7O/c1-2-21-11-6-4-3-5-10(11)17-14(21)18-13(22)8-20-9-16-12(7-15)19-20/h3-6,9H,2,8H2,1H3,(H,17,18,22). The number of hydrogen-bond acceptors (Lipinski definition) is 5. The number of para-hydroxylation sites is 2. The van der Waals surface area contributed by atoms with E-state index in [-0.39, 0.29) is 18.3 Å². The lowest BCUT2D eigenvalue weighted by molar-refractivity contribution is -0.117. The number of fused-ring (bicyclic) bond motifs is 1. The maximum absolute atomic E-state index is 12.1. The number of carbonyl (C=O) groups excluding carboxylic acids is 1. The summed E-state index contributed by atoms with van der Waals surface area (Å²) < 4.78 is 3.24. The van der Waals surface area contributed by atoms with Crippen molar-refractivity contribution < 1.29 is 4.79 Å². The van der Waals surface area contributed by atoms with Crippen molar-refractivity contribution >= 4 is 22.9 Å². The highest BCUT2D eigenvalue weighted by Gasteiger charge is 2.13. The molecule has 0 saturated heterocycles. The van der Waals surface area contributed by atoms with Crippen LogP contribution in [0.2, 0.25) is 0 Å². The van der Waals surface area contributed by atoms with E-state index in [0.29, 0.717) is 12.5 Å². The van der Waals surface area contributed by atoms with E-state index in [1.54, 1.807) is 0 Å². The Morgan fingerprint density at radius 1 is 1.41 bits per heavy atom. The van der Waals surface area contributed by atoms with Crippen LogP contribution in [0.5, 0.6) is 0 Å². The Bertz CT molecular complexity index is 871. The summed E-state index contributed by atoms with van der Waals surface area (Å²) in [5.41, 5.74) is 1.79. The average Bonchev–Trinajstić information content (AvgIpc) is 3.10. The molecule has 3 aromatic rings. The number of nitriles is 1. The molecule has 1 aromatic carbocycles. The largest absolute Gasteiger partial charge is 0.310 e. The quantitative estimate of drug-likeness (QED) is 0.778. The highest BCUT2D eigenvalue weighted by Crippen LogP contribution is 2.19. The molecule has 1 N–H and O–H groups in total. The van der Waals surface area contributed by atoms with E-state index in [0.717, 1.165) is 11.0 Å². The molecule has 8 heteroatoms. The maximum atomic E-state index is 12.1. The Labute approximate surface area is 126 Å². The van der Waals surface area contributed by atoms with Gasteiger partial charge in [0.1, 0.15) is 18.9 Å². The number of rotatable bonds is 4. The van der Waals surface area contributed by atoms with Gasteiger partial charge in [0.05, 0.1) is 11.0 Å². The molecule has 2 heterocycles. The van der Waals surface area contributed by atoms with Crippen LogP contribution < -0.4 is 5.32 Å². The predicted molar refractivity (Wildman–Crippen MR) is 78.8 cm³/mol. The highest BCUT2D eigenvalue weighted by molar-refractivity contribution is 5.91. The lowest BCUT2D eigenvalue weighted by atomic mass is 10.3. The molecular formula is C14H13N7O. The molecule has 2 aromatic heterocycles. The molecule has 0 fully saturated rings. The second-order valence-electron chi connectivity index (χ2n) is 4.59. The Balaban J connectivity index is 1.80. The molecule has 0 aliphatic rings. The Hall–Kier alpha value is -3.21. The van der Waals surface area contributed by atoms with Crippen LogP contribution in [0.1, 0.15) is 12.7 Å². The summed E-state index contributed by atoms with van der Waals surface area (Å²) in [6, 6.07) is 9.50. The van der Waals surface area contributed by atoms with Crippen LogP contribution >= 0.6 is 0 Å². The lowest BCUT2D eigenvalue weighted by Gasteiger charge is -2.07. The van der Waals surface area contributed by atoms with Crippen molar-refractivity contribution in [1.29, 1.82) is 5.26 Å². The zero-order chi connectivity index (χ0) is 15.5. The molecule has 1 amide bonds. The molecule has 110 valence electrons. The Kier molecular flexibility index (Phi) is 3.53. The first-order chi connectivity index (χ1) is 10.7. The molecule has 0 unspecified atom stereocenters. The maximum Gasteiger partial charge on any atom is 0.252 e. The molecular weight excluding hydrogens is 282 g/mol. The average molecular weight is 295 g/mol. The van der Waals surface area contributed by atoms with Gasteiger partial charge >= 0.3 is 0 Å². The minimum absolute atomic E-state index is 0.0262. The van der Waals surface area contributed by atoms with Crippen LogP contribution in [0.4, 0.5) is 5.95 Å². The molecule has 0 radical (unpaired) electrons. The number of imidazole rings is 1. The first-order valence-corrected chi connectivity index (χ1v) is 6.76. The van der Waals surface area contributed by atoms with Gasteiger partial charge in [0.15, 0.2) is 0 Å². The van der Waals surface area contributed by atoms with E-state index in [2.05, 4.69) is 20.4 Å². The summed E-state index contributed by atoms with van der Waals surface area (Å²) >= 11 is 0. The highest BCUT2D eigenvalue weighted by atomic mass is 16.2. The van der Waals surface area contributed by atoms with E-state index in [9.17, 15) is 4.79 Å². The minimum Gasteiger partial charge on any atom is -0.310 e. The van der Waals surface area contributed by atoms with Crippen LogP contribution in [0.25, 0.3) is 11.0 Å². The van der Waals surface area contributed by atoms with Crippen molar-refractivity contribution in [2.45, 2.75) is 20.0 Å². The Morgan fingerprint density at radius 2 is 2.23 bits per heavy atom. The van der Waals surface area contributed by atoms with Crippen molar-refractivity contribution in [3.8, 4) is 6.07 Å². The molecule has 0 aliphatic heterocycles. The summed E-state index contributed by atoms with van der Waals surface area (Å²) in [6.07, 6.45) is 1.35. The van der Waals surface area contributed by atoms with Gasteiger partial charge in [0.2, 0.25) is 11.9 Å². The van der Waals surface area contributed by atoms with Crippen LogP contribution in [-0.4, -0.2) is 30.2 Å². The second-order valence-corrected chi connectivity index (χ2v) is 4.59. The molecule has 0 atom stereocenters. The van der Waals surface area contributed by atoms with Gasteiger partial charge in [-0.25, -0.2) is 14.6 Å². The number of anilines is 1. The van der Waals surface area contributed by atoms with Gasteiger partial charge in [0.25, 0.3) is 5.82 Å². The summed E-state index contributed by atoms with van der Waals surface area (Å²) in [5.74, 6) is 0.252. The van der Waals surface area contributed by atoms with Gasteiger partial charge in [-0.1, -0.05) is 12.1 Å². The van der Waals surface area contributed by atoms with E-state index in [1.807, 2.05) is 41.8 Å². The number of aromatic nitrogens is 5. The number of nitrogens with zero attached hydrogens (tertiary/aromatic N) is 6. The number of carbonyl (C=O) groups is 1. The van der Waals surface area contributed by atoms with E-state index in [1.165, 1.54) is 11.0 Å². The van der Waals surface area contributed by atoms with Crippen molar-refractivity contribution in [1.82, 2.24) is 24.3 Å². The number of nitrogens with one attached hydrogen (secondary N) is 1. The van der Waals surface area contributed by atoms with Crippen molar-refractivity contribution in [3.63, 3.8) is 0 Å². The number of amides is 1. The first kappa shape index (κ1) is 13.8. The van der Waals surface area contributed by atoms with Gasteiger partial charge in [-0.3, -0.25) is 10.1 Å². The molecule has 3 rings (SSSR count). The fraction of sp³-hybridized carbons (Fsp3) is 0.214. The monoisotopic (exact) mass is 295 g/mol. The van der Waals surface area contributed by atoms with Gasteiger partial charge in [0, 0.05) is 6.54 Å². The van der Waals surface area contributed by atoms with Crippen molar-refractivity contribution in [3.05, 3.63) is 36.4 Å². The lowest BCUT2D eigenvalue weighted by Crippen LogP contribution is -2.21. The zero-order valence-corrected chi connectivity index (χ0v) is 11.9. The van der Waals surface area contributed by atoms with Crippen LogP contribution in [0, 0.1) is 11.3 Å². The van der Waals surface area contributed by atoms with Crippen LogP contribution in [-0.2, 0) is 17.9 Å². The van der Waals surface area contributed by atoms with Crippen molar-refractivity contribution in [2.75, 3.05) is 5.32 Å². The fourth-order valence-electron chi connectivity index (χ4n) is 2.22. The third-order valence-electron chi connectivity index (χ3n) is 3.16. The third kappa shape index (κ3) is 2.52. The number of aryl methyl sites for hydroxylation is 1. The van der Waals surface area contributed by atoms with Crippen molar-refractivity contribution in [2.24, 2.45) is 0 Å². The number of hydrogen-bond donors (Lipinski definition) is 1. The summed E-state index contributed by atoms with van der Waals surface area (Å²) in [4.78, 5) is 20.3. The zero-order valence-electron chi connectivity index (χ0n) is 11.9. The molecule has 22 heavy (non-hydrogen) atoms. The fourth-order valence-corrected chi connectivity index (χ4v) is 2.22. The SMILES string of the molecule is CCn1c(NC(=O)Cn2cnc(C#N)n2)nc2ccccc21. The second kappa shape index (κ2) is 5.65. The summed E-state index contributed by atoms with van der Waals surface area (Å²) in [6.45, 7) is 2.65. The van der Waals surface area contributed by atoms with E-state index < -0.39 is 0 Å². The van der Waals surface area contributed by atoms with E-state index >= 15 is 0 Å². The van der Waals surface area contributed by atoms with Crippen LogP contribution in [0.3, 0.4) is 0 Å². The molecule has 0 spiro atoms. The molecule has 0 saturated carbocycles. The van der Waals surface area contributed by atoms with E-state index in [4.69, 9.17) is 5.26 Å². The minimum atomic E-state index is -0.278. The topological polar surface area (TPSA) is 101 Å². The molecule has 8 nitrogen and oxygen atoms in total. The van der Waals surface area contributed by atoms with Gasteiger partial charge in [-0.05, 0) is 19.1 Å². The molecule has 0 bridgehead atoms. The van der Waals surface area contributed by atoms with Gasteiger partial charge < -0.3 is 4.57 Å². The molecule has 0 aliphatic carbocycles. The number of benzene rings is 1. The summed E-state index contributed by atoms with van der Waals surface area (Å²) in [5, 5.41) is 15.3. The normalized spacial score (nSPS) is 10.5. The van der Waals surface area contributed by atoms with Crippen LogP contribution in [0.15, 0.2) is 30.6 Å². The summed E-state index contributed by atoms with van der Waals surface area (Å²) in [7, 11) is 0. The van der Waals surface area contributed by atoms with Gasteiger partial charge in [-0.15, -0.1) is 5.10 Å².